The molecular weight excluding hydrogens is 347 g/mol. The van der Waals surface area contributed by atoms with Crippen molar-refractivity contribution in [3.8, 4) is 11.5 Å². The monoisotopic (exact) mass is 367 g/mol. The van der Waals surface area contributed by atoms with E-state index in [0.717, 1.165) is 5.56 Å². The molecule has 0 fully saturated rings. The van der Waals surface area contributed by atoms with Crippen LogP contribution in [0.2, 0.25) is 0 Å². The van der Waals surface area contributed by atoms with Crippen molar-refractivity contribution in [1.82, 2.24) is 10.6 Å². The van der Waals surface area contributed by atoms with Crippen LogP contribution in [0.3, 0.4) is 0 Å². The van der Waals surface area contributed by atoms with E-state index in [-0.39, 0.29) is 18.1 Å². The Kier molecular flexibility index (Phi) is 7.13. The third kappa shape index (κ3) is 5.87. The molecular formula is C18H20F3N3O2. The fraction of sp³-hybridized carbons (Fsp3) is 0.278. The Balaban J connectivity index is 1.99. The Bertz CT molecular complexity index is 737. The lowest BCUT2D eigenvalue weighted by Gasteiger charge is -2.15. The van der Waals surface area contributed by atoms with Gasteiger partial charge in [-0.15, -0.1) is 0 Å². The maximum Gasteiger partial charge on any atom is 0.387 e. The van der Waals surface area contributed by atoms with E-state index in [9.17, 15) is 13.2 Å². The molecule has 0 aliphatic heterocycles. The number of guanidine groups is 1. The SMILES string of the molecule is CN=C(NCc1ccc(F)cc1)NCc1cc(OC)ccc1OC(F)F. The third-order valence-corrected chi connectivity index (χ3v) is 3.53. The number of hydrogen-bond donors (Lipinski definition) is 2. The summed E-state index contributed by atoms with van der Waals surface area (Å²) < 4.78 is 47.7. The molecule has 0 heterocycles. The zero-order valence-electron chi connectivity index (χ0n) is 14.4. The molecule has 0 saturated carbocycles. The summed E-state index contributed by atoms with van der Waals surface area (Å²) in [5.74, 6) is 0.737. The molecule has 0 aromatic heterocycles. The summed E-state index contributed by atoms with van der Waals surface area (Å²) in [5.41, 5.74) is 1.37. The molecule has 2 aromatic rings. The largest absolute Gasteiger partial charge is 0.497 e. The number of rotatable bonds is 7. The molecule has 26 heavy (non-hydrogen) atoms. The van der Waals surface area contributed by atoms with Gasteiger partial charge in [-0.05, 0) is 35.9 Å². The molecule has 0 radical (unpaired) electrons. The average molecular weight is 367 g/mol. The number of nitrogens with one attached hydrogen (secondary N) is 2. The number of nitrogens with zero attached hydrogens (tertiary/aromatic N) is 1. The molecule has 0 unspecified atom stereocenters. The standard InChI is InChI=1S/C18H20F3N3O2/c1-22-18(23-10-12-3-5-14(19)6-4-12)24-11-13-9-15(25-2)7-8-16(13)26-17(20)21/h3-9,17H,10-11H2,1-2H3,(H2,22,23,24). The highest BCUT2D eigenvalue weighted by atomic mass is 19.3. The van der Waals surface area contributed by atoms with Gasteiger partial charge in [0.1, 0.15) is 17.3 Å². The normalized spacial score (nSPS) is 11.4. The first-order valence-electron chi connectivity index (χ1n) is 7.82. The summed E-state index contributed by atoms with van der Waals surface area (Å²) >= 11 is 0. The second kappa shape index (κ2) is 9.55. The first-order chi connectivity index (χ1) is 12.5. The van der Waals surface area contributed by atoms with Gasteiger partial charge in [0, 0.05) is 25.7 Å². The van der Waals surface area contributed by atoms with E-state index in [2.05, 4.69) is 20.4 Å². The summed E-state index contributed by atoms with van der Waals surface area (Å²) in [4.78, 5) is 4.07. The van der Waals surface area contributed by atoms with Crippen LogP contribution in [0.25, 0.3) is 0 Å². The van der Waals surface area contributed by atoms with E-state index in [4.69, 9.17) is 4.74 Å². The number of ether oxygens (including phenoxy) is 2. The lowest BCUT2D eigenvalue weighted by Crippen LogP contribution is -2.36. The molecule has 2 aromatic carbocycles. The van der Waals surface area contributed by atoms with Crippen molar-refractivity contribution in [1.29, 1.82) is 0 Å². The maximum absolute atomic E-state index is 12.9. The minimum atomic E-state index is -2.92. The summed E-state index contributed by atoms with van der Waals surface area (Å²) in [7, 11) is 3.07. The van der Waals surface area contributed by atoms with Gasteiger partial charge in [-0.1, -0.05) is 12.1 Å². The third-order valence-electron chi connectivity index (χ3n) is 3.53. The number of hydrogen-bond acceptors (Lipinski definition) is 3. The van der Waals surface area contributed by atoms with E-state index in [1.165, 1.54) is 25.3 Å². The second-order valence-corrected chi connectivity index (χ2v) is 5.26. The smallest absolute Gasteiger partial charge is 0.387 e. The van der Waals surface area contributed by atoms with E-state index in [1.54, 1.807) is 31.3 Å². The van der Waals surface area contributed by atoms with Gasteiger partial charge in [-0.2, -0.15) is 8.78 Å². The first kappa shape index (κ1) is 19.4. The average Bonchev–Trinajstić information content (AvgIpc) is 2.64. The van der Waals surface area contributed by atoms with Crippen LogP contribution in [0, 0.1) is 5.82 Å². The van der Waals surface area contributed by atoms with Gasteiger partial charge in [0.25, 0.3) is 0 Å². The molecule has 5 nitrogen and oxygen atoms in total. The highest BCUT2D eigenvalue weighted by Crippen LogP contribution is 2.25. The van der Waals surface area contributed by atoms with E-state index in [1.807, 2.05) is 0 Å². The quantitative estimate of drug-likeness (QED) is 0.582. The van der Waals surface area contributed by atoms with Crippen molar-refractivity contribution in [2.75, 3.05) is 14.2 Å². The molecule has 8 heteroatoms. The number of methoxy groups -OCH3 is 1. The van der Waals surface area contributed by atoms with Crippen LogP contribution in [-0.4, -0.2) is 26.7 Å². The minimum absolute atomic E-state index is 0.0577. The van der Waals surface area contributed by atoms with Crippen molar-refractivity contribution in [2.24, 2.45) is 4.99 Å². The predicted octanol–water partition coefficient (Wildman–Crippen LogP) is 3.30. The van der Waals surface area contributed by atoms with Gasteiger partial charge in [0.15, 0.2) is 5.96 Å². The molecule has 0 amide bonds. The number of halogens is 3. The minimum Gasteiger partial charge on any atom is -0.497 e. The summed E-state index contributed by atoms with van der Waals surface area (Å²) in [6, 6.07) is 10.6. The van der Waals surface area contributed by atoms with Gasteiger partial charge < -0.3 is 20.1 Å². The molecule has 0 atom stereocenters. The molecule has 0 saturated heterocycles. The van der Waals surface area contributed by atoms with Crippen molar-refractivity contribution < 1.29 is 22.6 Å². The van der Waals surface area contributed by atoms with Crippen LogP contribution < -0.4 is 20.1 Å². The zero-order chi connectivity index (χ0) is 18.9. The van der Waals surface area contributed by atoms with Gasteiger partial charge in [0.05, 0.1) is 7.11 Å². The Morgan fingerprint density at radius 1 is 1.08 bits per heavy atom. The summed E-state index contributed by atoms with van der Waals surface area (Å²) in [6.07, 6.45) is 0. The van der Waals surface area contributed by atoms with Crippen molar-refractivity contribution in [2.45, 2.75) is 19.7 Å². The summed E-state index contributed by atoms with van der Waals surface area (Å²) in [5, 5.41) is 6.08. The fourth-order valence-electron chi connectivity index (χ4n) is 2.22. The Morgan fingerprint density at radius 2 is 1.77 bits per heavy atom. The fourth-order valence-corrected chi connectivity index (χ4v) is 2.22. The second-order valence-electron chi connectivity index (χ2n) is 5.26. The number of aliphatic imine (C=N–C) groups is 1. The van der Waals surface area contributed by atoms with Crippen LogP contribution in [0.4, 0.5) is 13.2 Å². The maximum atomic E-state index is 12.9. The summed E-state index contributed by atoms with van der Waals surface area (Å²) in [6.45, 7) is -2.29. The highest BCUT2D eigenvalue weighted by Gasteiger charge is 2.11. The van der Waals surface area contributed by atoms with E-state index < -0.39 is 6.61 Å². The van der Waals surface area contributed by atoms with Gasteiger partial charge >= 0.3 is 6.61 Å². The van der Waals surface area contributed by atoms with Crippen molar-refractivity contribution >= 4 is 5.96 Å². The van der Waals surface area contributed by atoms with Crippen LogP contribution in [-0.2, 0) is 13.1 Å². The lowest BCUT2D eigenvalue weighted by atomic mass is 10.2. The van der Waals surface area contributed by atoms with Crippen LogP contribution in [0.15, 0.2) is 47.5 Å². The molecule has 2 N–H and O–H groups in total. The number of alkyl halides is 2. The molecule has 2 rings (SSSR count). The Morgan fingerprint density at radius 3 is 2.38 bits per heavy atom. The molecule has 0 aliphatic carbocycles. The van der Waals surface area contributed by atoms with Crippen LogP contribution >= 0.6 is 0 Å². The van der Waals surface area contributed by atoms with Gasteiger partial charge in [-0.25, -0.2) is 4.39 Å². The van der Waals surface area contributed by atoms with Gasteiger partial charge in [0.2, 0.25) is 0 Å². The zero-order valence-corrected chi connectivity index (χ0v) is 14.4. The molecule has 140 valence electrons. The van der Waals surface area contributed by atoms with Crippen LogP contribution in [0.1, 0.15) is 11.1 Å². The number of benzene rings is 2. The Labute approximate surface area is 149 Å². The topological polar surface area (TPSA) is 54.9 Å². The Hall–Kier alpha value is -2.90. The van der Waals surface area contributed by atoms with E-state index in [0.29, 0.717) is 23.8 Å². The molecule has 0 aliphatic rings. The molecule has 0 bridgehead atoms. The van der Waals surface area contributed by atoms with Crippen molar-refractivity contribution in [3.63, 3.8) is 0 Å². The van der Waals surface area contributed by atoms with E-state index >= 15 is 0 Å². The van der Waals surface area contributed by atoms with Gasteiger partial charge in [-0.3, -0.25) is 4.99 Å². The molecule has 0 spiro atoms. The van der Waals surface area contributed by atoms with Crippen molar-refractivity contribution in [3.05, 3.63) is 59.4 Å². The lowest BCUT2D eigenvalue weighted by molar-refractivity contribution is -0.0504. The highest BCUT2D eigenvalue weighted by molar-refractivity contribution is 5.79. The predicted molar refractivity (Wildman–Crippen MR) is 93.1 cm³/mol. The first-order valence-corrected chi connectivity index (χ1v) is 7.82. The van der Waals surface area contributed by atoms with Crippen LogP contribution in [0.5, 0.6) is 11.5 Å².